The molecule has 3 heterocycles. The lowest BCUT2D eigenvalue weighted by Crippen LogP contribution is -2.46. The van der Waals surface area contributed by atoms with Gasteiger partial charge in [-0.3, -0.25) is 4.79 Å². The molecule has 1 aromatic rings. The van der Waals surface area contributed by atoms with Gasteiger partial charge in [0.15, 0.2) is 0 Å². The summed E-state index contributed by atoms with van der Waals surface area (Å²) >= 11 is 0. The molecule has 0 aromatic carbocycles. The number of hydrogen-bond donors (Lipinski definition) is 3. The molecular formula is C21H29N5O3. The number of carbonyl (C=O) groups is 2. The van der Waals surface area contributed by atoms with Crippen LogP contribution in [0.2, 0.25) is 0 Å². The van der Waals surface area contributed by atoms with E-state index in [0.717, 1.165) is 51.1 Å². The topological polar surface area (TPSA) is 110 Å². The van der Waals surface area contributed by atoms with Crippen LogP contribution in [0.15, 0.2) is 24.4 Å². The summed E-state index contributed by atoms with van der Waals surface area (Å²) in [5.74, 6) is 2.14. The number of fused-ring (bicyclic) bond motifs is 1. The van der Waals surface area contributed by atoms with E-state index >= 15 is 0 Å². The highest BCUT2D eigenvalue weighted by Gasteiger charge is 2.55. The molecule has 2 aliphatic heterocycles. The maximum Gasteiger partial charge on any atom is 0.317 e. The fourth-order valence-electron chi connectivity index (χ4n) is 4.46. The van der Waals surface area contributed by atoms with E-state index in [9.17, 15) is 9.59 Å². The van der Waals surface area contributed by atoms with Gasteiger partial charge in [-0.1, -0.05) is 0 Å². The Morgan fingerprint density at radius 3 is 2.69 bits per heavy atom. The number of nitrogens with two attached hydrogens (primary N) is 1. The molecule has 3 amide bonds. The molecule has 3 aliphatic rings. The third-order valence-corrected chi connectivity index (χ3v) is 6.22. The van der Waals surface area contributed by atoms with Gasteiger partial charge in [0, 0.05) is 51.2 Å². The minimum atomic E-state index is -0.106. The molecule has 8 heteroatoms. The third-order valence-electron chi connectivity index (χ3n) is 6.22. The predicted octanol–water partition coefficient (Wildman–Crippen LogP) is 1.25. The first-order valence-electron chi connectivity index (χ1n) is 10.4. The molecule has 4 N–H and O–H groups in total. The predicted molar refractivity (Wildman–Crippen MR) is 110 cm³/mol. The molecule has 8 nitrogen and oxygen atoms in total. The van der Waals surface area contributed by atoms with E-state index in [2.05, 4.69) is 15.6 Å². The zero-order valence-electron chi connectivity index (χ0n) is 16.5. The Bertz CT molecular complexity index is 748. The van der Waals surface area contributed by atoms with Crippen molar-refractivity contribution < 1.29 is 14.3 Å². The number of hydrogen-bond acceptors (Lipinski definition) is 5. The molecular weight excluding hydrogens is 370 g/mol. The van der Waals surface area contributed by atoms with Crippen LogP contribution < -0.4 is 16.4 Å². The maximum absolute atomic E-state index is 12.4. The standard InChI is InChI=1S/C21H29N5O3/c22-19-3-1-14(11-24-19)2-4-20(27)23-8-5-16-17-12-26(13-18(16)17)21(28)25-15-6-9-29-10-7-15/h1-4,11,15-18H,5-10,12-13H2,(H2,22,24)(H,23,27)(H,25,28)/b4-2+/t16-,17-,18+. The van der Waals surface area contributed by atoms with E-state index in [1.54, 1.807) is 18.3 Å². The lowest BCUT2D eigenvalue weighted by Gasteiger charge is -2.27. The zero-order chi connectivity index (χ0) is 20.2. The first-order chi connectivity index (χ1) is 14.1. The SMILES string of the molecule is Nc1ccc(/C=C/C(=O)NCC[C@@H]2[C@H]3CN(C(=O)NC4CCOCC4)C[C@@H]23)cn1. The number of nitrogen functional groups attached to an aromatic ring is 1. The second kappa shape index (κ2) is 8.82. The quantitative estimate of drug-likeness (QED) is 0.624. The van der Waals surface area contributed by atoms with Gasteiger partial charge in [0.2, 0.25) is 5.91 Å². The van der Waals surface area contributed by atoms with E-state index in [4.69, 9.17) is 10.5 Å². The first kappa shape index (κ1) is 19.7. The van der Waals surface area contributed by atoms with Gasteiger partial charge in [-0.2, -0.15) is 0 Å². The molecule has 156 valence electrons. The van der Waals surface area contributed by atoms with Crippen molar-refractivity contribution in [2.24, 2.45) is 17.8 Å². The molecule has 4 rings (SSSR count). The lowest BCUT2D eigenvalue weighted by atomic mass is 10.1. The van der Waals surface area contributed by atoms with Gasteiger partial charge in [-0.05, 0) is 60.8 Å². The van der Waals surface area contributed by atoms with E-state index in [-0.39, 0.29) is 18.0 Å². The highest BCUT2D eigenvalue weighted by Crippen LogP contribution is 2.53. The average Bonchev–Trinajstić information content (AvgIpc) is 3.17. The normalized spacial score (nSPS) is 26.3. The number of rotatable bonds is 6. The number of ether oxygens (including phenoxy) is 1. The van der Waals surface area contributed by atoms with Gasteiger partial charge in [0.25, 0.3) is 0 Å². The van der Waals surface area contributed by atoms with Crippen LogP contribution in [-0.2, 0) is 9.53 Å². The smallest absolute Gasteiger partial charge is 0.317 e. The van der Waals surface area contributed by atoms with Crippen molar-refractivity contribution in [1.82, 2.24) is 20.5 Å². The Labute approximate surface area is 170 Å². The van der Waals surface area contributed by atoms with Crippen molar-refractivity contribution in [2.75, 3.05) is 38.6 Å². The minimum Gasteiger partial charge on any atom is -0.384 e. The highest BCUT2D eigenvalue weighted by molar-refractivity contribution is 5.91. The van der Waals surface area contributed by atoms with Crippen molar-refractivity contribution in [1.29, 1.82) is 0 Å². The molecule has 1 aliphatic carbocycles. The van der Waals surface area contributed by atoms with Crippen LogP contribution in [0.1, 0.15) is 24.8 Å². The van der Waals surface area contributed by atoms with Crippen molar-refractivity contribution in [3.8, 4) is 0 Å². The zero-order valence-corrected chi connectivity index (χ0v) is 16.5. The molecule has 2 saturated heterocycles. The third kappa shape index (κ3) is 5.06. The molecule has 0 bridgehead atoms. The van der Waals surface area contributed by atoms with Gasteiger partial charge in [0.1, 0.15) is 5.82 Å². The molecule has 0 spiro atoms. The monoisotopic (exact) mass is 399 g/mol. The van der Waals surface area contributed by atoms with Gasteiger partial charge < -0.3 is 26.0 Å². The molecule has 0 radical (unpaired) electrons. The Morgan fingerprint density at radius 1 is 1.24 bits per heavy atom. The molecule has 1 aromatic heterocycles. The molecule has 3 atom stereocenters. The summed E-state index contributed by atoms with van der Waals surface area (Å²) in [5, 5.41) is 6.07. The van der Waals surface area contributed by atoms with Crippen LogP contribution in [0, 0.1) is 17.8 Å². The van der Waals surface area contributed by atoms with Gasteiger partial charge in [-0.15, -0.1) is 0 Å². The number of nitrogens with one attached hydrogen (secondary N) is 2. The summed E-state index contributed by atoms with van der Waals surface area (Å²) < 4.78 is 5.33. The summed E-state index contributed by atoms with van der Waals surface area (Å²) in [6.07, 6.45) is 7.64. The van der Waals surface area contributed by atoms with E-state index in [0.29, 0.717) is 30.1 Å². The Morgan fingerprint density at radius 2 is 2.00 bits per heavy atom. The van der Waals surface area contributed by atoms with Crippen LogP contribution >= 0.6 is 0 Å². The molecule has 1 saturated carbocycles. The summed E-state index contributed by atoms with van der Waals surface area (Å²) in [6, 6.07) is 3.84. The second-order valence-corrected chi connectivity index (χ2v) is 8.16. The minimum absolute atomic E-state index is 0.0680. The number of urea groups is 1. The van der Waals surface area contributed by atoms with Crippen molar-refractivity contribution in [3.05, 3.63) is 30.0 Å². The second-order valence-electron chi connectivity index (χ2n) is 8.16. The van der Waals surface area contributed by atoms with Crippen LogP contribution in [0.5, 0.6) is 0 Å². The number of nitrogens with zero attached hydrogens (tertiary/aromatic N) is 2. The fraction of sp³-hybridized carbons (Fsp3) is 0.571. The van der Waals surface area contributed by atoms with Gasteiger partial charge in [0.05, 0.1) is 0 Å². The van der Waals surface area contributed by atoms with Crippen LogP contribution in [-0.4, -0.2) is 60.7 Å². The summed E-state index contributed by atoms with van der Waals surface area (Å²) in [5.41, 5.74) is 6.38. The first-order valence-corrected chi connectivity index (χ1v) is 10.4. The number of anilines is 1. The summed E-state index contributed by atoms with van der Waals surface area (Å²) in [6.45, 7) is 3.80. The number of amides is 3. The summed E-state index contributed by atoms with van der Waals surface area (Å²) in [7, 11) is 0. The van der Waals surface area contributed by atoms with Gasteiger partial charge >= 0.3 is 6.03 Å². The fourth-order valence-corrected chi connectivity index (χ4v) is 4.46. The number of piperidine rings is 1. The van der Waals surface area contributed by atoms with Crippen molar-refractivity contribution in [3.63, 3.8) is 0 Å². The van der Waals surface area contributed by atoms with Crippen molar-refractivity contribution in [2.45, 2.75) is 25.3 Å². The Hall–Kier alpha value is -2.61. The van der Waals surface area contributed by atoms with Gasteiger partial charge in [-0.25, -0.2) is 9.78 Å². The lowest BCUT2D eigenvalue weighted by molar-refractivity contribution is -0.116. The Kier molecular flexibility index (Phi) is 5.99. The highest BCUT2D eigenvalue weighted by atomic mass is 16.5. The largest absolute Gasteiger partial charge is 0.384 e. The summed E-state index contributed by atoms with van der Waals surface area (Å²) in [4.78, 5) is 30.3. The van der Waals surface area contributed by atoms with Crippen LogP contribution in [0.3, 0.4) is 0 Å². The number of carbonyl (C=O) groups excluding carboxylic acids is 2. The number of aromatic nitrogens is 1. The maximum atomic E-state index is 12.4. The molecule has 0 unspecified atom stereocenters. The van der Waals surface area contributed by atoms with Crippen LogP contribution in [0.4, 0.5) is 10.6 Å². The van der Waals surface area contributed by atoms with E-state index in [1.807, 2.05) is 11.0 Å². The Balaban J connectivity index is 1.11. The number of likely N-dealkylation sites (tertiary alicyclic amines) is 1. The molecule has 3 fully saturated rings. The number of pyridine rings is 1. The van der Waals surface area contributed by atoms with Crippen molar-refractivity contribution >= 4 is 23.8 Å². The van der Waals surface area contributed by atoms with E-state index < -0.39 is 0 Å². The van der Waals surface area contributed by atoms with Crippen LogP contribution in [0.25, 0.3) is 6.08 Å². The average molecular weight is 399 g/mol. The van der Waals surface area contributed by atoms with E-state index in [1.165, 1.54) is 6.08 Å². The molecule has 29 heavy (non-hydrogen) atoms.